The van der Waals surface area contributed by atoms with E-state index in [1.54, 1.807) is 0 Å². The SMILES string of the molecule is C=C(C)c1cccc(C(C)(C)NC(=O)NC2CCN(Cc3ccccc3)CC2)c1.[Cl-]. The lowest BCUT2D eigenvalue weighted by atomic mass is 9.92. The maximum atomic E-state index is 12.6. The Labute approximate surface area is 187 Å². The van der Waals surface area contributed by atoms with Crippen LogP contribution in [0, 0.1) is 0 Å². The minimum absolute atomic E-state index is 0. The minimum Gasteiger partial charge on any atom is -1.00 e. The number of likely N-dealkylation sites (tertiary alicyclic amines) is 1. The lowest BCUT2D eigenvalue weighted by Crippen LogP contribution is -3.00. The second-order valence-electron chi connectivity index (χ2n) is 8.62. The van der Waals surface area contributed by atoms with Gasteiger partial charge in [-0.1, -0.05) is 60.7 Å². The number of hydrogen-bond donors (Lipinski definition) is 2. The Kier molecular flexibility index (Phi) is 8.51. The number of nitrogens with one attached hydrogen (secondary N) is 2. The van der Waals surface area contributed by atoms with E-state index in [0.717, 1.165) is 49.2 Å². The fraction of sp³-hybridized carbons (Fsp3) is 0.400. The van der Waals surface area contributed by atoms with Crippen LogP contribution in [-0.4, -0.2) is 30.1 Å². The molecule has 1 heterocycles. The van der Waals surface area contributed by atoms with Crippen LogP contribution in [0.4, 0.5) is 4.79 Å². The van der Waals surface area contributed by atoms with Crippen molar-refractivity contribution in [3.8, 4) is 0 Å². The van der Waals surface area contributed by atoms with E-state index in [-0.39, 0.29) is 24.5 Å². The molecule has 0 unspecified atom stereocenters. The fourth-order valence-electron chi connectivity index (χ4n) is 3.83. The number of piperidine rings is 1. The van der Waals surface area contributed by atoms with E-state index < -0.39 is 5.54 Å². The van der Waals surface area contributed by atoms with Gasteiger partial charge in [-0.25, -0.2) is 4.79 Å². The summed E-state index contributed by atoms with van der Waals surface area (Å²) in [5.41, 5.74) is 4.09. The fourth-order valence-corrected chi connectivity index (χ4v) is 3.83. The Morgan fingerprint density at radius 2 is 1.77 bits per heavy atom. The molecule has 2 amide bonds. The van der Waals surface area contributed by atoms with Crippen LogP contribution in [-0.2, 0) is 12.1 Å². The van der Waals surface area contributed by atoms with Crippen molar-refractivity contribution in [1.29, 1.82) is 0 Å². The second kappa shape index (κ2) is 10.6. The maximum Gasteiger partial charge on any atom is 0.315 e. The summed E-state index contributed by atoms with van der Waals surface area (Å²) < 4.78 is 0. The molecule has 162 valence electrons. The molecule has 2 aromatic rings. The van der Waals surface area contributed by atoms with E-state index in [9.17, 15) is 4.79 Å². The number of halogens is 1. The van der Waals surface area contributed by atoms with Gasteiger partial charge in [0.2, 0.25) is 0 Å². The molecule has 2 aromatic carbocycles. The molecule has 1 fully saturated rings. The van der Waals surface area contributed by atoms with Gasteiger partial charge in [0.25, 0.3) is 0 Å². The predicted molar refractivity (Wildman–Crippen MR) is 121 cm³/mol. The van der Waals surface area contributed by atoms with Gasteiger partial charge in [-0.15, -0.1) is 0 Å². The highest BCUT2D eigenvalue weighted by Crippen LogP contribution is 2.23. The number of nitrogens with zero attached hydrogens (tertiary/aromatic N) is 1. The quantitative estimate of drug-likeness (QED) is 0.741. The monoisotopic (exact) mass is 426 g/mol. The lowest BCUT2D eigenvalue weighted by Gasteiger charge is -2.34. The van der Waals surface area contributed by atoms with E-state index in [4.69, 9.17) is 0 Å². The van der Waals surface area contributed by atoms with Crippen molar-refractivity contribution in [1.82, 2.24) is 15.5 Å². The molecule has 1 aliphatic heterocycles. The summed E-state index contributed by atoms with van der Waals surface area (Å²) in [6.45, 7) is 13.1. The zero-order valence-corrected chi connectivity index (χ0v) is 19.0. The third-order valence-corrected chi connectivity index (χ3v) is 5.67. The summed E-state index contributed by atoms with van der Waals surface area (Å²) >= 11 is 0. The van der Waals surface area contributed by atoms with Crippen LogP contribution in [0.15, 0.2) is 61.2 Å². The van der Waals surface area contributed by atoms with Crippen molar-refractivity contribution in [2.75, 3.05) is 13.1 Å². The van der Waals surface area contributed by atoms with E-state index in [1.807, 2.05) is 32.9 Å². The first-order valence-corrected chi connectivity index (χ1v) is 10.4. The highest BCUT2D eigenvalue weighted by atomic mass is 35.5. The molecule has 0 saturated carbocycles. The smallest absolute Gasteiger partial charge is 0.315 e. The van der Waals surface area contributed by atoms with Gasteiger partial charge in [0, 0.05) is 25.7 Å². The molecule has 0 atom stereocenters. The second-order valence-corrected chi connectivity index (χ2v) is 8.62. The standard InChI is InChI=1S/C25H33N3O.ClH/c1-19(2)21-11-8-12-22(17-21)25(3,4)27-24(29)26-23-13-15-28(16-14-23)18-20-9-6-5-7-10-20;/h5-12,17,23H,1,13-16,18H2,2-4H3,(H2,26,27,29);1H/p-1. The van der Waals surface area contributed by atoms with Crippen LogP contribution in [0.3, 0.4) is 0 Å². The molecule has 0 radical (unpaired) electrons. The number of allylic oxidation sites excluding steroid dienone is 1. The van der Waals surface area contributed by atoms with Crippen LogP contribution >= 0.6 is 0 Å². The summed E-state index contributed by atoms with van der Waals surface area (Å²) in [4.78, 5) is 15.1. The summed E-state index contributed by atoms with van der Waals surface area (Å²) in [6, 6.07) is 18.9. The third-order valence-electron chi connectivity index (χ3n) is 5.67. The number of carbonyl (C=O) groups excluding carboxylic acids is 1. The van der Waals surface area contributed by atoms with E-state index in [1.165, 1.54) is 5.56 Å². The van der Waals surface area contributed by atoms with E-state index >= 15 is 0 Å². The molecule has 0 bridgehead atoms. The van der Waals surface area contributed by atoms with Crippen LogP contribution in [0.5, 0.6) is 0 Å². The first-order valence-electron chi connectivity index (χ1n) is 10.4. The molecular formula is C25H33ClN3O-. The lowest BCUT2D eigenvalue weighted by molar-refractivity contribution is -0.0000106. The number of rotatable bonds is 6. The average Bonchev–Trinajstić information content (AvgIpc) is 2.70. The number of carbonyl (C=O) groups is 1. The van der Waals surface area contributed by atoms with Crippen LogP contribution in [0.25, 0.3) is 5.57 Å². The zero-order valence-electron chi connectivity index (χ0n) is 18.2. The van der Waals surface area contributed by atoms with E-state index in [2.05, 4.69) is 64.6 Å². The van der Waals surface area contributed by atoms with Gasteiger partial charge in [-0.05, 0) is 56.4 Å². The van der Waals surface area contributed by atoms with Gasteiger partial charge < -0.3 is 23.0 Å². The van der Waals surface area contributed by atoms with Crippen molar-refractivity contribution in [3.63, 3.8) is 0 Å². The van der Waals surface area contributed by atoms with Crippen molar-refractivity contribution in [2.24, 2.45) is 0 Å². The largest absolute Gasteiger partial charge is 1.00 e. The Morgan fingerprint density at radius 3 is 2.40 bits per heavy atom. The highest BCUT2D eigenvalue weighted by molar-refractivity contribution is 5.75. The summed E-state index contributed by atoms with van der Waals surface area (Å²) in [6.07, 6.45) is 1.96. The molecular weight excluding hydrogens is 394 g/mol. The Morgan fingerprint density at radius 1 is 1.10 bits per heavy atom. The number of urea groups is 1. The molecule has 1 aliphatic rings. The van der Waals surface area contributed by atoms with E-state index in [0.29, 0.717) is 0 Å². The van der Waals surface area contributed by atoms with Crippen LogP contribution < -0.4 is 23.0 Å². The molecule has 5 heteroatoms. The van der Waals surface area contributed by atoms with Gasteiger partial charge >= 0.3 is 6.03 Å². The number of amides is 2. The molecule has 1 saturated heterocycles. The first kappa shape index (κ1) is 24.0. The van der Waals surface area contributed by atoms with Crippen molar-refractivity contribution >= 4 is 11.6 Å². The molecule has 30 heavy (non-hydrogen) atoms. The Bertz CT molecular complexity index is 842. The van der Waals surface area contributed by atoms with Crippen molar-refractivity contribution < 1.29 is 17.2 Å². The van der Waals surface area contributed by atoms with Gasteiger partial charge in [0.05, 0.1) is 5.54 Å². The minimum atomic E-state index is -0.455. The summed E-state index contributed by atoms with van der Waals surface area (Å²) in [5.74, 6) is 0. The molecule has 0 spiro atoms. The number of hydrogen-bond acceptors (Lipinski definition) is 2. The van der Waals surface area contributed by atoms with Gasteiger partial charge in [0.15, 0.2) is 0 Å². The zero-order chi connectivity index (χ0) is 20.9. The molecule has 3 rings (SSSR count). The third kappa shape index (κ3) is 6.61. The van der Waals surface area contributed by atoms with Crippen LogP contribution in [0.2, 0.25) is 0 Å². The average molecular weight is 427 g/mol. The van der Waals surface area contributed by atoms with Gasteiger partial charge in [-0.2, -0.15) is 0 Å². The summed E-state index contributed by atoms with van der Waals surface area (Å²) in [5, 5.41) is 6.32. The van der Waals surface area contributed by atoms with Crippen molar-refractivity contribution in [2.45, 2.75) is 51.7 Å². The highest BCUT2D eigenvalue weighted by Gasteiger charge is 2.26. The molecule has 0 aromatic heterocycles. The first-order chi connectivity index (χ1) is 13.8. The molecule has 0 aliphatic carbocycles. The van der Waals surface area contributed by atoms with Gasteiger partial charge in [-0.3, -0.25) is 4.90 Å². The summed E-state index contributed by atoms with van der Waals surface area (Å²) in [7, 11) is 0. The van der Waals surface area contributed by atoms with Crippen molar-refractivity contribution in [3.05, 3.63) is 77.9 Å². The topological polar surface area (TPSA) is 44.4 Å². The van der Waals surface area contributed by atoms with Gasteiger partial charge in [0.1, 0.15) is 0 Å². The number of benzene rings is 2. The normalized spacial score (nSPS) is 15.2. The Balaban J connectivity index is 0.00000320. The molecule has 2 N–H and O–H groups in total. The maximum absolute atomic E-state index is 12.6. The molecule has 4 nitrogen and oxygen atoms in total. The van der Waals surface area contributed by atoms with Crippen LogP contribution in [0.1, 0.15) is 50.3 Å². The Hall–Kier alpha value is -2.30. The predicted octanol–water partition coefficient (Wildman–Crippen LogP) is 1.92.